The van der Waals surface area contributed by atoms with Crippen LogP contribution in [0.4, 0.5) is 0 Å². The summed E-state index contributed by atoms with van der Waals surface area (Å²) in [7, 11) is 0. The molecular weight excluding hydrogens is 220 g/mol. The van der Waals surface area contributed by atoms with E-state index in [0.717, 1.165) is 49.7 Å². The molecule has 0 radical (unpaired) electrons. The quantitative estimate of drug-likeness (QED) is 0.691. The Morgan fingerprint density at radius 3 is 2.71 bits per heavy atom. The van der Waals surface area contributed by atoms with Crippen molar-refractivity contribution in [1.29, 1.82) is 0 Å². The normalized spacial score (nSPS) is 24.8. The number of hydrogen-bond acceptors (Lipinski definition) is 4. The van der Waals surface area contributed by atoms with Gasteiger partial charge in [0, 0.05) is 5.57 Å². The third kappa shape index (κ3) is 2.51. The molecule has 0 aromatic heterocycles. The monoisotopic (exact) mass is 238 g/mol. The SMILES string of the molecule is CCOC(=O)C1OC(=O)C2=C1CCCCCC2. The number of hydrogen-bond donors (Lipinski definition) is 0. The summed E-state index contributed by atoms with van der Waals surface area (Å²) in [6.07, 6.45) is 5.08. The van der Waals surface area contributed by atoms with Crippen LogP contribution in [0, 0.1) is 0 Å². The minimum absolute atomic E-state index is 0.315. The van der Waals surface area contributed by atoms with Gasteiger partial charge in [0.15, 0.2) is 0 Å². The molecular formula is C13H18O4. The van der Waals surface area contributed by atoms with Gasteiger partial charge in [-0.15, -0.1) is 0 Å². The fourth-order valence-electron chi connectivity index (χ4n) is 2.46. The molecule has 94 valence electrons. The van der Waals surface area contributed by atoms with Crippen LogP contribution < -0.4 is 0 Å². The Kier molecular flexibility index (Phi) is 3.82. The van der Waals surface area contributed by atoms with E-state index in [9.17, 15) is 9.59 Å². The number of ether oxygens (including phenoxy) is 2. The molecule has 0 aromatic carbocycles. The Hall–Kier alpha value is -1.32. The second-order valence-electron chi connectivity index (χ2n) is 4.46. The van der Waals surface area contributed by atoms with E-state index in [4.69, 9.17) is 9.47 Å². The fourth-order valence-corrected chi connectivity index (χ4v) is 2.46. The second kappa shape index (κ2) is 5.34. The maximum absolute atomic E-state index is 11.7. The van der Waals surface area contributed by atoms with E-state index in [0.29, 0.717) is 6.61 Å². The zero-order chi connectivity index (χ0) is 12.3. The largest absolute Gasteiger partial charge is 0.463 e. The lowest BCUT2D eigenvalue weighted by Crippen LogP contribution is -2.26. The highest BCUT2D eigenvalue weighted by Gasteiger charge is 2.38. The van der Waals surface area contributed by atoms with Crippen LogP contribution >= 0.6 is 0 Å². The van der Waals surface area contributed by atoms with Gasteiger partial charge < -0.3 is 9.47 Å². The first kappa shape index (κ1) is 12.1. The van der Waals surface area contributed by atoms with Crippen LogP contribution in [0.5, 0.6) is 0 Å². The van der Waals surface area contributed by atoms with Crippen LogP contribution in [-0.2, 0) is 19.1 Å². The van der Waals surface area contributed by atoms with Crippen molar-refractivity contribution in [3.05, 3.63) is 11.1 Å². The zero-order valence-electron chi connectivity index (χ0n) is 10.2. The van der Waals surface area contributed by atoms with Crippen molar-refractivity contribution in [1.82, 2.24) is 0 Å². The van der Waals surface area contributed by atoms with Gasteiger partial charge >= 0.3 is 11.9 Å². The average molecular weight is 238 g/mol. The lowest BCUT2D eigenvalue weighted by atomic mass is 9.92. The van der Waals surface area contributed by atoms with Crippen LogP contribution in [0.1, 0.15) is 45.4 Å². The van der Waals surface area contributed by atoms with E-state index in [2.05, 4.69) is 0 Å². The Bertz CT molecular complexity index is 356. The number of rotatable bonds is 2. The molecule has 1 unspecified atom stereocenters. The lowest BCUT2D eigenvalue weighted by Gasteiger charge is -2.14. The summed E-state index contributed by atoms with van der Waals surface area (Å²) in [5.74, 6) is -0.744. The summed E-state index contributed by atoms with van der Waals surface area (Å²) >= 11 is 0. The molecule has 0 saturated heterocycles. The second-order valence-corrected chi connectivity index (χ2v) is 4.46. The van der Waals surface area contributed by atoms with Gasteiger partial charge in [-0.2, -0.15) is 0 Å². The summed E-state index contributed by atoms with van der Waals surface area (Å²) < 4.78 is 10.1. The molecule has 2 rings (SSSR count). The Labute approximate surface area is 101 Å². The fraction of sp³-hybridized carbons (Fsp3) is 0.692. The molecule has 2 aliphatic rings. The number of carbonyl (C=O) groups excluding carboxylic acids is 2. The first-order chi connectivity index (χ1) is 8.24. The summed E-state index contributed by atoms with van der Waals surface area (Å²) in [5.41, 5.74) is 1.59. The molecule has 0 N–H and O–H groups in total. The van der Waals surface area contributed by atoms with Gasteiger partial charge in [0.25, 0.3) is 0 Å². The van der Waals surface area contributed by atoms with Gasteiger partial charge in [-0.1, -0.05) is 12.8 Å². The molecule has 4 heteroatoms. The highest BCUT2D eigenvalue weighted by molar-refractivity contribution is 5.97. The maximum atomic E-state index is 11.7. The van der Waals surface area contributed by atoms with Gasteiger partial charge in [-0.25, -0.2) is 9.59 Å². The van der Waals surface area contributed by atoms with E-state index < -0.39 is 12.1 Å². The van der Waals surface area contributed by atoms with Crippen LogP contribution in [0.15, 0.2) is 11.1 Å². The Morgan fingerprint density at radius 1 is 1.29 bits per heavy atom. The third-order valence-electron chi connectivity index (χ3n) is 3.30. The van der Waals surface area contributed by atoms with E-state index in [-0.39, 0.29) is 5.97 Å². The molecule has 1 heterocycles. The molecule has 0 saturated carbocycles. The van der Waals surface area contributed by atoms with Crippen molar-refractivity contribution < 1.29 is 19.1 Å². The Morgan fingerprint density at radius 2 is 2.00 bits per heavy atom. The van der Waals surface area contributed by atoms with E-state index in [1.54, 1.807) is 6.92 Å². The first-order valence-electron chi connectivity index (χ1n) is 6.33. The van der Waals surface area contributed by atoms with Crippen molar-refractivity contribution in [3.63, 3.8) is 0 Å². The topological polar surface area (TPSA) is 52.6 Å². The van der Waals surface area contributed by atoms with Crippen LogP contribution in [0.3, 0.4) is 0 Å². The number of carbonyl (C=O) groups is 2. The van der Waals surface area contributed by atoms with Crippen molar-refractivity contribution in [2.24, 2.45) is 0 Å². The number of esters is 2. The van der Waals surface area contributed by atoms with Gasteiger partial charge in [0.2, 0.25) is 6.10 Å². The molecule has 1 aliphatic heterocycles. The van der Waals surface area contributed by atoms with Crippen LogP contribution in [-0.4, -0.2) is 24.6 Å². The lowest BCUT2D eigenvalue weighted by molar-refractivity contribution is -0.160. The summed E-state index contributed by atoms with van der Waals surface area (Å²) in [6, 6.07) is 0. The zero-order valence-corrected chi connectivity index (χ0v) is 10.2. The first-order valence-corrected chi connectivity index (χ1v) is 6.33. The standard InChI is InChI=1S/C13H18O4/c1-2-16-13(15)11-9-7-5-3-4-6-8-10(9)12(14)17-11/h11H,2-8H2,1H3. The molecule has 1 atom stereocenters. The van der Waals surface area contributed by atoms with Crippen molar-refractivity contribution in [2.75, 3.05) is 6.61 Å². The van der Waals surface area contributed by atoms with Crippen LogP contribution in [0.25, 0.3) is 0 Å². The Balaban J connectivity index is 2.19. The van der Waals surface area contributed by atoms with E-state index in [1.165, 1.54) is 0 Å². The van der Waals surface area contributed by atoms with E-state index >= 15 is 0 Å². The van der Waals surface area contributed by atoms with Gasteiger partial charge in [0.1, 0.15) is 0 Å². The molecule has 0 amide bonds. The minimum Gasteiger partial charge on any atom is -0.463 e. The average Bonchev–Trinajstić information content (AvgIpc) is 2.55. The predicted octanol–water partition coefficient (Wildman–Crippen LogP) is 2.13. The highest BCUT2D eigenvalue weighted by Crippen LogP contribution is 2.33. The summed E-state index contributed by atoms with van der Waals surface area (Å²) in [4.78, 5) is 23.4. The van der Waals surface area contributed by atoms with Crippen molar-refractivity contribution in [3.8, 4) is 0 Å². The molecule has 4 nitrogen and oxygen atoms in total. The highest BCUT2D eigenvalue weighted by atomic mass is 16.6. The molecule has 0 spiro atoms. The number of cyclic esters (lactones) is 1. The molecule has 0 bridgehead atoms. The van der Waals surface area contributed by atoms with Crippen molar-refractivity contribution >= 4 is 11.9 Å². The maximum Gasteiger partial charge on any atom is 0.351 e. The summed E-state index contributed by atoms with van der Waals surface area (Å²) in [6.45, 7) is 2.07. The molecule has 17 heavy (non-hydrogen) atoms. The van der Waals surface area contributed by atoms with Crippen molar-refractivity contribution in [2.45, 2.75) is 51.6 Å². The van der Waals surface area contributed by atoms with Crippen LogP contribution in [0.2, 0.25) is 0 Å². The minimum atomic E-state index is -0.768. The molecule has 1 aliphatic carbocycles. The van der Waals surface area contributed by atoms with Gasteiger partial charge in [-0.3, -0.25) is 0 Å². The smallest absolute Gasteiger partial charge is 0.351 e. The van der Waals surface area contributed by atoms with Gasteiger partial charge in [-0.05, 0) is 38.2 Å². The summed E-state index contributed by atoms with van der Waals surface area (Å²) in [5, 5.41) is 0. The molecule has 0 aromatic rings. The van der Waals surface area contributed by atoms with E-state index in [1.807, 2.05) is 0 Å². The third-order valence-corrected chi connectivity index (χ3v) is 3.30. The molecule has 0 fully saturated rings. The predicted molar refractivity (Wildman–Crippen MR) is 61.2 cm³/mol. The van der Waals surface area contributed by atoms with Gasteiger partial charge in [0.05, 0.1) is 6.61 Å².